The summed E-state index contributed by atoms with van der Waals surface area (Å²) in [5.41, 5.74) is 0. The lowest BCUT2D eigenvalue weighted by Gasteiger charge is -2.34. The standard InChI is InChI=1S/C13H18FNO2S/c1-2-11-7-5-6-10-15(11)18(16,17)13-9-4-3-8-12(13)14/h3-4,8-9,11H,2,5-7,10H2,1H3/t11-/m1/s1. The van der Waals surface area contributed by atoms with Gasteiger partial charge in [0.25, 0.3) is 0 Å². The van der Waals surface area contributed by atoms with Gasteiger partial charge in [-0.25, -0.2) is 12.8 Å². The predicted molar refractivity (Wildman–Crippen MR) is 68.2 cm³/mol. The number of hydrogen-bond acceptors (Lipinski definition) is 2. The van der Waals surface area contributed by atoms with E-state index in [1.165, 1.54) is 22.5 Å². The van der Waals surface area contributed by atoms with Gasteiger partial charge < -0.3 is 0 Å². The SMILES string of the molecule is CC[C@@H]1CCCCN1S(=O)(=O)c1ccccc1F. The molecule has 1 aliphatic heterocycles. The highest BCUT2D eigenvalue weighted by Gasteiger charge is 2.33. The highest BCUT2D eigenvalue weighted by molar-refractivity contribution is 7.89. The summed E-state index contributed by atoms with van der Waals surface area (Å²) in [6, 6.07) is 5.59. The number of rotatable bonds is 3. The molecule has 0 bridgehead atoms. The van der Waals surface area contributed by atoms with Crippen molar-refractivity contribution in [2.24, 2.45) is 0 Å². The molecule has 0 saturated carbocycles. The molecule has 3 nitrogen and oxygen atoms in total. The number of halogens is 1. The summed E-state index contributed by atoms with van der Waals surface area (Å²) < 4.78 is 40.1. The Labute approximate surface area is 108 Å². The molecule has 100 valence electrons. The molecule has 1 heterocycles. The molecule has 1 aliphatic rings. The maximum Gasteiger partial charge on any atom is 0.246 e. The minimum atomic E-state index is -3.70. The fourth-order valence-corrected chi connectivity index (χ4v) is 4.31. The average molecular weight is 271 g/mol. The van der Waals surface area contributed by atoms with Crippen LogP contribution in [0.3, 0.4) is 0 Å². The number of piperidine rings is 1. The highest BCUT2D eigenvalue weighted by atomic mass is 32.2. The Kier molecular flexibility index (Phi) is 4.02. The van der Waals surface area contributed by atoms with Crippen LogP contribution in [0.5, 0.6) is 0 Å². The number of nitrogens with zero attached hydrogens (tertiary/aromatic N) is 1. The van der Waals surface area contributed by atoms with Gasteiger partial charge in [-0.2, -0.15) is 4.31 Å². The zero-order valence-electron chi connectivity index (χ0n) is 10.5. The lowest BCUT2D eigenvalue weighted by atomic mass is 10.0. The molecule has 0 aromatic heterocycles. The van der Waals surface area contributed by atoms with E-state index in [0.717, 1.165) is 25.7 Å². The van der Waals surface area contributed by atoms with Crippen LogP contribution in [-0.2, 0) is 10.0 Å². The second-order valence-corrected chi connectivity index (χ2v) is 6.46. The molecule has 1 saturated heterocycles. The molecule has 1 fully saturated rings. The third-order valence-electron chi connectivity index (χ3n) is 3.47. The fraction of sp³-hybridized carbons (Fsp3) is 0.538. The van der Waals surface area contributed by atoms with Crippen molar-refractivity contribution in [2.75, 3.05) is 6.54 Å². The average Bonchev–Trinajstić information content (AvgIpc) is 2.39. The summed E-state index contributed by atoms with van der Waals surface area (Å²) in [4.78, 5) is -0.203. The van der Waals surface area contributed by atoms with Gasteiger partial charge in [0, 0.05) is 12.6 Å². The Morgan fingerprint density at radius 2 is 2.06 bits per heavy atom. The van der Waals surface area contributed by atoms with E-state index in [1.807, 2.05) is 6.92 Å². The number of hydrogen-bond donors (Lipinski definition) is 0. The lowest BCUT2D eigenvalue weighted by Crippen LogP contribution is -2.43. The maximum absolute atomic E-state index is 13.7. The fourth-order valence-electron chi connectivity index (χ4n) is 2.48. The van der Waals surface area contributed by atoms with Gasteiger partial charge in [-0.1, -0.05) is 25.5 Å². The largest absolute Gasteiger partial charge is 0.246 e. The van der Waals surface area contributed by atoms with Crippen molar-refractivity contribution in [1.82, 2.24) is 4.31 Å². The van der Waals surface area contributed by atoms with Gasteiger partial charge in [-0.15, -0.1) is 0 Å². The van der Waals surface area contributed by atoms with Crippen LogP contribution in [0.4, 0.5) is 4.39 Å². The first-order chi connectivity index (χ1) is 8.57. The van der Waals surface area contributed by atoms with Crippen molar-refractivity contribution in [1.29, 1.82) is 0 Å². The molecule has 2 rings (SSSR count). The maximum atomic E-state index is 13.7. The third kappa shape index (κ3) is 2.42. The second kappa shape index (κ2) is 5.36. The van der Waals surface area contributed by atoms with Crippen LogP contribution >= 0.6 is 0 Å². The zero-order valence-corrected chi connectivity index (χ0v) is 11.3. The van der Waals surface area contributed by atoms with Crippen molar-refractivity contribution >= 4 is 10.0 Å². The van der Waals surface area contributed by atoms with E-state index in [9.17, 15) is 12.8 Å². The van der Waals surface area contributed by atoms with Crippen LogP contribution in [0.1, 0.15) is 32.6 Å². The molecule has 1 atom stereocenters. The van der Waals surface area contributed by atoms with E-state index >= 15 is 0 Å². The summed E-state index contributed by atoms with van der Waals surface area (Å²) in [6.45, 7) is 2.47. The quantitative estimate of drug-likeness (QED) is 0.847. The molecule has 1 aromatic carbocycles. The first-order valence-electron chi connectivity index (χ1n) is 6.33. The van der Waals surface area contributed by atoms with Gasteiger partial charge in [0.1, 0.15) is 10.7 Å². The Morgan fingerprint density at radius 1 is 1.33 bits per heavy atom. The summed E-state index contributed by atoms with van der Waals surface area (Å²) in [6.07, 6.45) is 3.53. The molecular formula is C13H18FNO2S. The van der Waals surface area contributed by atoms with Gasteiger partial charge in [0.15, 0.2) is 0 Å². The molecule has 0 N–H and O–H groups in total. The summed E-state index contributed by atoms with van der Waals surface area (Å²) in [7, 11) is -3.70. The summed E-state index contributed by atoms with van der Waals surface area (Å²) >= 11 is 0. The minimum absolute atomic E-state index is 0.00311. The molecule has 0 unspecified atom stereocenters. The van der Waals surface area contributed by atoms with E-state index in [4.69, 9.17) is 0 Å². The third-order valence-corrected chi connectivity index (χ3v) is 5.45. The van der Waals surface area contributed by atoms with Crippen molar-refractivity contribution in [3.63, 3.8) is 0 Å². The van der Waals surface area contributed by atoms with Gasteiger partial charge in [-0.05, 0) is 31.4 Å². The minimum Gasteiger partial charge on any atom is -0.207 e. The Morgan fingerprint density at radius 3 is 2.72 bits per heavy atom. The Balaban J connectivity index is 2.39. The molecule has 18 heavy (non-hydrogen) atoms. The van der Waals surface area contributed by atoms with Crippen LogP contribution in [0.2, 0.25) is 0 Å². The second-order valence-electron chi connectivity index (χ2n) is 4.60. The molecule has 0 aliphatic carbocycles. The van der Waals surface area contributed by atoms with Crippen molar-refractivity contribution in [2.45, 2.75) is 43.5 Å². The molecule has 0 amide bonds. The smallest absolute Gasteiger partial charge is 0.207 e. The van der Waals surface area contributed by atoms with E-state index in [-0.39, 0.29) is 10.9 Å². The normalized spacial score (nSPS) is 22.0. The summed E-state index contributed by atoms with van der Waals surface area (Å²) in [5, 5.41) is 0. The van der Waals surface area contributed by atoms with Gasteiger partial charge in [0.05, 0.1) is 0 Å². The first-order valence-corrected chi connectivity index (χ1v) is 7.77. The van der Waals surface area contributed by atoms with E-state index in [0.29, 0.717) is 6.54 Å². The monoisotopic (exact) mass is 271 g/mol. The molecule has 0 spiro atoms. The topological polar surface area (TPSA) is 37.4 Å². The Hall–Kier alpha value is -0.940. The van der Waals surface area contributed by atoms with Crippen LogP contribution in [0.15, 0.2) is 29.2 Å². The lowest BCUT2D eigenvalue weighted by molar-refractivity contribution is 0.246. The van der Waals surface area contributed by atoms with Gasteiger partial charge >= 0.3 is 0 Å². The van der Waals surface area contributed by atoms with Crippen LogP contribution < -0.4 is 0 Å². The molecule has 5 heteroatoms. The van der Waals surface area contributed by atoms with Gasteiger partial charge in [0.2, 0.25) is 10.0 Å². The van der Waals surface area contributed by atoms with Crippen LogP contribution in [0, 0.1) is 5.82 Å². The number of benzene rings is 1. The molecule has 1 aromatic rings. The van der Waals surface area contributed by atoms with Crippen LogP contribution in [-0.4, -0.2) is 25.3 Å². The van der Waals surface area contributed by atoms with Crippen molar-refractivity contribution in [3.05, 3.63) is 30.1 Å². The van der Waals surface area contributed by atoms with E-state index < -0.39 is 15.8 Å². The zero-order chi connectivity index (χ0) is 13.2. The van der Waals surface area contributed by atoms with Crippen LogP contribution in [0.25, 0.3) is 0 Å². The van der Waals surface area contributed by atoms with Crippen molar-refractivity contribution < 1.29 is 12.8 Å². The van der Waals surface area contributed by atoms with E-state index in [1.54, 1.807) is 6.07 Å². The molecule has 0 radical (unpaired) electrons. The van der Waals surface area contributed by atoms with Gasteiger partial charge in [-0.3, -0.25) is 0 Å². The van der Waals surface area contributed by atoms with E-state index in [2.05, 4.69) is 0 Å². The molecular weight excluding hydrogens is 253 g/mol. The predicted octanol–water partition coefficient (Wildman–Crippen LogP) is 2.78. The van der Waals surface area contributed by atoms with Crippen molar-refractivity contribution in [3.8, 4) is 0 Å². The first kappa shape index (κ1) is 13.5. The number of sulfonamides is 1. The Bertz CT molecular complexity index is 515. The highest BCUT2D eigenvalue weighted by Crippen LogP contribution is 2.27. The summed E-state index contributed by atoms with van der Waals surface area (Å²) in [5.74, 6) is -0.669.